The van der Waals surface area contributed by atoms with Crippen molar-refractivity contribution in [2.45, 2.75) is 0 Å². The van der Waals surface area contributed by atoms with Gasteiger partial charge in [-0.15, -0.1) is 0 Å². The molecule has 4 nitrogen and oxygen atoms in total. The fraction of sp³-hybridized carbons (Fsp3) is 0.455. The first-order chi connectivity index (χ1) is 7.16. The highest BCUT2D eigenvalue weighted by molar-refractivity contribution is 5.72. The van der Waals surface area contributed by atoms with Crippen molar-refractivity contribution < 1.29 is 0 Å². The van der Waals surface area contributed by atoms with E-state index in [-0.39, 0.29) is 0 Å². The van der Waals surface area contributed by atoms with Crippen LogP contribution in [0.5, 0.6) is 0 Å². The number of piperazine rings is 1. The Balaban J connectivity index is 2.18. The van der Waals surface area contributed by atoms with Crippen LogP contribution in [0.2, 0.25) is 0 Å². The van der Waals surface area contributed by atoms with Gasteiger partial charge in [0.2, 0.25) is 0 Å². The molecule has 0 aromatic heterocycles. The predicted molar refractivity (Wildman–Crippen MR) is 65.0 cm³/mol. The lowest BCUT2D eigenvalue weighted by atomic mass is 10.2. The maximum Gasteiger partial charge on any atom is 0.0621 e. The molecule has 1 fully saturated rings. The molecule has 4 heteroatoms. The number of nitrogen functional groups attached to an aromatic ring is 2. The molecule has 0 saturated carbocycles. The van der Waals surface area contributed by atoms with E-state index in [1.807, 2.05) is 18.2 Å². The van der Waals surface area contributed by atoms with Crippen molar-refractivity contribution in [3.63, 3.8) is 0 Å². The Bertz CT molecular complexity index is 342. The lowest BCUT2D eigenvalue weighted by Crippen LogP contribution is -2.44. The normalized spacial score (nSPS) is 18.1. The molecule has 1 aromatic carbocycles. The van der Waals surface area contributed by atoms with Gasteiger partial charge in [0.1, 0.15) is 0 Å². The quantitative estimate of drug-likeness (QED) is 0.661. The third-order valence-electron chi connectivity index (χ3n) is 2.90. The van der Waals surface area contributed by atoms with Gasteiger partial charge in [0.25, 0.3) is 0 Å². The van der Waals surface area contributed by atoms with Gasteiger partial charge in [0.15, 0.2) is 0 Å². The first kappa shape index (κ1) is 10.1. The molecule has 1 aliphatic heterocycles. The number of benzene rings is 1. The summed E-state index contributed by atoms with van der Waals surface area (Å²) in [6.45, 7) is 4.19. The fourth-order valence-electron chi connectivity index (χ4n) is 1.88. The van der Waals surface area contributed by atoms with Crippen LogP contribution >= 0.6 is 0 Å². The standard InChI is InChI=1S/C11H18N4/c1-14-4-6-15(7-5-14)11-8-9(12)2-3-10(11)13/h2-3,8H,4-7,12-13H2,1H3. The van der Waals surface area contributed by atoms with E-state index in [2.05, 4.69) is 16.8 Å². The van der Waals surface area contributed by atoms with Gasteiger partial charge in [-0.1, -0.05) is 0 Å². The molecule has 0 spiro atoms. The van der Waals surface area contributed by atoms with E-state index in [1.165, 1.54) is 0 Å². The summed E-state index contributed by atoms with van der Waals surface area (Å²) in [5.74, 6) is 0. The van der Waals surface area contributed by atoms with E-state index in [1.54, 1.807) is 0 Å². The summed E-state index contributed by atoms with van der Waals surface area (Å²) in [6, 6.07) is 5.68. The molecule has 1 aromatic rings. The van der Waals surface area contributed by atoms with Crippen LogP contribution in [0.3, 0.4) is 0 Å². The molecule has 4 N–H and O–H groups in total. The van der Waals surface area contributed by atoms with Gasteiger partial charge >= 0.3 is 0 Å². The van der Waals surface area contributed by atoms with Gasteiger partial charge in [0, 0.05) is 31.9 Å². The molecule has 0 amide bonds. The maximum absolute atomic E-state index is 5.94. The third kappa shape index (κ3) is 2.15. The Labute approximate surface area is 90.4 Å². The SMILES string of the molecule is CN1CCN(c2cc(N)ccc2N)CC1. The van der Waals surface area contributed by atoms with Crippen molar-refractivity contribution in [2.24, 2.45) is 0 Å². The van der Waals surface area contributed by atoms with Gasteiger partial charge in [-0.05, 0) is 25.2 Å². The van der Waals surface area contributed by atoms with Crippen LogP contribution in [0, 0.1) is 0 Å². The van der Waals surface area contributed by atoms with Crippen LogP contribution in [0.25, 0.3) is 0 Å². The molecule has 2 rings (SSSR count). The highest BCUT2D eigenvalue weighted by Gasteiger charge is 2.16. The minimum atomic E-state index is 0.776. The number of anilines is 3. The second-order valence-electron chi connectivity index (χ2n) is 4.11. The molecular weight excluding hydrogens is 188 g/mol. The van der Waals surface area contributed by atoms with E-state index in [0.29, 0.717) is 0 Å². The summed E-state index contributed by atoms with van der Waals surface area (Å²) in [4.78, 5) is 4.62. The summed E-state index contributed by atoms with van der Waals surface area (Å²) in [5, 5.41) is 0. The highest BCUT2D eigenvalue weighted by Crippen LogP contribution is 2.26. The van der Waals surface area contributed by atoms with Crippen molar-refractivity contribution in [1.29, 1.82) is 0 Å². The van der Waals surface area contributed by atoms with Crippen molar-refractivity contribution in [3.8, 4) is 0 Å². The topological polar surface area (TPSA) is 58.5 Å². The first-order valence-electron chi connectivity index (χ1n) is 5.25. The van der Waals surface area contributed by atoms with E-state index < -0.39 is 0 Å². The summed E-state index contributed by atoms with van der Waals surface area (Å²) in [5.41, 5.74) is 14.4. The second kappa shape index (κ2) is 3.98. The Morgan fingerprint density at radius 1 is 1.07 bits per heavy atom. The van der Waals surface area contributed by atoms with Crippen LogP contribution in [-0.2, 0) is 0 Å². The van der Waals surface area contributed by atoms with Crippen LogP contribution in [-0.4, -0.2) is 38.1 Å². The van der Waals surface area contributed by atoms with Crippen LogP contribution in [0.1, 0.15) is 0 Å². The van der Waals surface area contributed by atoms with Gasteiger partial charge in [-0.3, -0.25) is 0 Å². The fourth-order valence-corrected chi connectivity index (χ4v) is 1.88. The van der Waals surface area contributed by atoms with Gasteiger partial charge < -0.3 is 21.3 Å². The van der Waals surface area contributed by atoms with E-state index >= 15 is 0 Å². The zero-order valence-corrected chi connectivity index (χ0v) is 9.11. The average molecular weight is 206 g/mol. The number of nitrogens with zero attached hydrogens (tertiary/aromatic N) is 2. The third-order valence-corrected chi connectivity index (χ3v) is 2.90. The Kier molecular flexibility index (Phi) is 2.68. The Morgan fingerprint density at radius 3 is 2.40 bits per heavy atom. The molecule has 0 unspecified atom stereocenters. The largest absolute Gasteiger partial charge is 0.399 e. The van der Waals surface area contributed by atoms with Crippen molar-refractivity contribution in [1.82, 2.24) is 4.90 Å². The summed E-state index contributed by atoms with van der Waals surface area (Å²) >= 11 is 0. The van der Waals surface area contributed by atoms with Crippen LogP contribution in [0.4, 0.5) is 17.1 Å². The number of nitrogens with two attached hydrogens (primary N) is 2. The second-order valence-corrected chi connectivity index (χ2v) is 4.11. The molecule has 1 aliphatic rings. The predicted octanol–water partition coefficient (Wildman–Crippen LogP) is 0.603. The van der Waals surface area contributed by atoms with Crippen LogP contribution < -0.4 is 16.4 Å². The van der Waals surface area contributed by atoms with E-state index in [9.17, 15) is 0 Å². The van der Waals surface area contributed by atoms with Crippen LogP contribution in [0.15, 0.2) is 18.2 Å². The van der Waals surface area contributed by atoms with E-state index in [4.69, 9.17) is 11.5 Å². The molecule has 0 atom stereocenters. The molecule has 82 valence electrons. The molecule has 1 saturated heterocycles. The minimum Gasteiger partial charge on any atom is -0.399 e. The maximum atomic E-state index is 5.94. The van der Waals surface area contributed by atoms with Crippen molar-refractivity contribution in [2.75, 3.05) is 49.6 Å². The van der Waals surface area contributed by atoms with Gasteiger partial charge in [0.05, 0.1) is 11.4 Å². The van der Waals surface area contributed by atoms with Crippen molar-refractivity contribution >= 4 is 17.1 Å². The summed E-state index contributed by atoms with van der Waals surface area (Å²) in [7, 11) is 2.14. The Morgan fingerprint density at radius 2 is 1.73 bits per heavy atom. The molecule has 1 heterocycles. The number of likely N-dealkylation sites (N-methyl/N-ethyl adjacent to an activating group) is 1. The first-order valence-corrected chi connectivity index (χ1v) is 5.25. The zero-order valence-electron chi connectivity index (χ0n) is 9.11. The lowest BCUT2D eigenvalue weighted by molar-refractivity contribution is 0.313. The monoisotopic (exact) mass is 206 g/mol. The molecule has 0 bridgehead atoms. The summed E-state index contributed by atoms with van der Waals surface area (Å²) in [6.07, 6.45) is 0. The number of hydrogen-bond acceptors (Lipinski definition) is 4. The van der Waals surface area contributed by atoms with Gasteiger partial charge in [-0.2, -0.15) is 0 Å². The van der Waals surface area contributed by atoms with Crippen molar-refractivity contribution in [3.05, 3.63) is 18.2 Å². The average Bonchev–Trinajstić information content (AvgIpc) is 2.23. The smallest absolute Gasteiger partial charge is 0.0621 e. The lowest BCUT2D eigenvalue weighted by Gasteiger charge is -2.34. The molecule has 0 radical (unpaired) electrons. The zero-order chi connectivity index (χ0) is 10.8. The minimum absolute atomic E-state index is 0.776. The highest BCUT2D eigenvalue weighted by atomic mass is 15.2. The number of hydrogen-bond donors (Lipinski definition) is 2. The summed E-state index contributed by atoms with van der Waals surface area (Å²) < 4.78 is 0. The molecular formula is C11H18N4. The van der Waals surface area contributed by atoms with E-state index in [0.717, 1.165) is 43.2 Å². The van der Waals surface area contributed by atoms with Gasteiger partial charge in [-0.25, -0.2) is 0 Å². The molecule has 15 heavy (non-hydrogen) atoms. The number of rotatable bonds is 1. The Hall–Kier alpha value is -1.42. The molecule has 0 aliphatic carbocycles.